The van der Waals surface area contributed by atoms with Crippen LogP contribution in [0.5, 0.6) is 0 Å². The maximum absolute atomic E-state index is 12.5. The quantitative estimate of drug-likeness (QED) is 0.760. The number of piperidine rings is 1. The zero-order valence-electron chi connectivity index (χ0n) is 15.2. The van der Waals surface area contributed by atoms with Gasteiger partial charge in [-0.15, -0.1) is 15.3 Å². The minimum Gasteiger partial charge on any atom is -0.361 e. The normalized spacial score (nSPS) is 15.6. The molecule has 1 aliphatic rings. The number of H-pyrrole nitrogens is 1. The highest BCUT2D eigenvalue weighted by molar-refractivity contribution is 5.92. The van der Waals surface area contributed by atoms with Crippen molar-refractivity contribution in [1.29, 1.82) is 0 Å². The molecular weight excluding hydrogens is 332 g/mol. The third-order valence-electron chi connectivity index (χ3n) is 4.80. The highest BCUT2D eigenvalue weighted by Gasteiger charge is 2.28. The fourth-order valence-electron chi connectivity index (χ4n) is 3.32. The van der Waals surface area contributed by atoms with Crippen LogP contribution in [0.15, 0.2) is 18.2 Å². The first-order valence-corrected chi connectivity index (χ1v) is 8.74. The molecule has 4 rings (SSSR count). The van der Waals surface area contributed by atoms with E-state index < -0.39 is 0 Å². The standard InChI is InChI=1S/C17H22N8O/c1-11-10-13(19-18-11)17(26)24-8-6-12(7-9-24)16-21-20-14-4-5-15(23(2)3)22-25(14)16/h4-5,10,12H,6-9H2,1-3H3,(H,18,19). The number of carbonyl (C=O) groups is 1. The summed E-state index contributed by atoms with van der Waals surface area (Å²) >= 11 is 0. The van der Waals surface area contributed by atoms with Gasteiger partial charge in [0.2, 0.25) is 0 Å². The lowest BCUT2D eigenvalue weighted by molar-refractivity contribution is 0.0704. The molecule has 1 N–H and O–H groups in total. The van der Waals surface area contributed by atoms with Gasteiger partial charge in [0.05, 0.1) is 0 Å². The molecular formula is C17H22N8O. The largest absolute Gasteiger partial charge is 0.361 e. The lowest BCUT2D eigenvalue weighted by Gasteiger charge is -2.30. The molecule has 3 aromatic rings. The van der Waals surface area contributed by atoms with E-state index in [9.17, 15) is 4.79 Å². The van der Waals surface area contributed by atoms with Crippen molar-refractivity contribution >= 4 is 17.4 Å². The molecule has 9 nitrogen and oxygen atoms in total. The molecule has 4 heterocycles. The van der Waals surface area contributed by atoms with Crippen molar-refractivity contribution in [1.82, 2.24) is 34.9 Å². The SMILES string of the molecule is Cc1cc(C(=O)N2CCC(c3nnc4ccc(N(C)C)nn34)CC2)n[nH]1. The van der Waals surface area contributed by atoms with Gasteiger partial charge in [-0.1, -0.05) is 0 Å². The van der Waals surface area contributed by atoms with Crippen molar-refractivity contribution in [3.8, 4) is 0 Å². The van der Waals surface area contributed by atoms with E-state index in [1.165, 1.54) is 0 Å². The van der Waals surface area contributed by atoms with Crippen LogP contribution < -0.4 is 4.90 Å². The van der Waals surface area contributed by atoms with E-state index in [4.69, 9.17) is 0 Å². The van der Waals surface area contributed by atoms with Gasteiger partial charge in [0.15, 0.2) is 11.5 Å². The average molecular weight is 354 g/mol. The highest BCUT2D eigenvalue weighted by Crippen LogP contribution is 2.27. The maximum Gasteiger partial charge on any atom is 0.274 e. The Labute approximate surface area is 151 Å². The minimum atomic E-state index is -0.0214. The molecule has 0 saturated carbocycles. The van der Waals surface area contributed by atoms with E-state index in [0.29, 0.717) is 18.8 Å². The van der Waals surface area contributed by atoms with Gasteiger partial charge in [-0.25, -0.2) is 0 Å². The predicted molar refractivity (Wildman–Crippen MR) is 96.3 cm³/mol. The number of aromatic nitrogens is 6. The monoisotopic (exact) mass is 354 g/mol. The summed E-state index contributed by atoms with van der Waals surface area (Å²) in [6.07, 6.45) is 1.67. The Balaban J connectivity index is 1.50. The molecule has 9 heteroatoms. The van der Waals surface area contributed by atoms with E-state index in [-0.39, 0.29) is 11.8 Å². The summed E-state index contributed by atoms with van der Waals surface area (Å²) in [5, 5.41) is 20.1. The van der Waals surface area contributed by atoms with Crippen molar-refractivity contribution in [3.05, 3.63) is 35.4 Å². The number of carbonyl (C=O) groups excluding carboxylic acids is 1. The molecule has 0 unspecified atom stereocenters. The average Bonchev–Trinajstić information content (AvgIpc) is 3.27. The number of nitrogens with zero attached hydrogens (tertiary/aromatic N) is 7. The molecule has 0 bridgehead atoms. The summed E-state index contributed by atoms with van der Waals surface area (Å²) in [6.45, 7) is 3.25. The summed E-state index contributed by atoms with van der Waals surface area (Å²) in [6, 6.07) is 5.64. The highest BCUT2D eigenvalue weighted by atomic mass is 16.2. The van der Waals surface area contributed by atoms with Gasteiger partial charge in [0.25, 0.3) is 5.91 Å². The van der Waals surface area contributed by atoms with Crippen molar-refractivity contribution in [2.75, 3.05) is 32.1 Å². The van der Waals surface area contributed by atoms with Gasteiger partial charge in [-0.05, 0) is 38.0 Å². The first-order valence-electron chi connectivity index (χ1n) is 8.74. The van der Waals surface area contributed by atoms with E-state index in [0.717, 1.165) is 35.8 Å². The number of likely N-dealkylation sites (tertiary alicyclic amines) is 1. The number of amides is 1. The number of hydrogen-bond acceptors (Lipinski definition) is 6. The molecule has 0 spiro atoms. The van der Waals surface area contributed by atoms with Crippen LogP contribution in [0.4, 0.5) is 5.82 Å². The third kappa shape index (κ3) is 2.89. The first kappa shape index (κ1) is 16.5. The van der Waals surface area contributed by atoms with Gasteiger partial charge in [-0.3, -0.25) is 9.89 Å². The molecule has 0 atom stereocenters. The number of anilines is 1. The lowest BCUT2D eigenvalue weighted by atomic mass is 9.96. The zero-order valence-corrected chi connectivity index (χ0v) is 15.2. The second-order valence-electron chi connectivity index (χ2n) is 6.92. The van der Waals surface area contributed by atoms with Crippen LogP contribution in [0.2, 0.25) is 0 Å². The molecule has 1 aliphatic heterocycles. The Morgan fingerprint density at radius 1 is 1.23 bits per heavy atom. The topological polar surface area (TPSA) is 95.3 Å². The Morgan fingerprint density at radius 2 is 2.00 bits per heavy atom. The Morgan fingerprint density at radius 3 is 2.65 bits per heavy atom. The fourth-order valence-corrected chi connectivity index (χ4v) is 3.32. The van der Waals surface area contributed by atoms with Crippen LogP contribution in [-0.4, -0.2) is 68.0 Å². The molecule has 3 aromatic heterocycles. The molecule has 0 aromatic carbocycles. The van der Waals surface area contributed by atoms with Crippen molar-refractivity contribution in [2.24, 2.45) is 0 Å². The molecule has 1 saturated heterocycles. The Kier molecular flexibility index (Phi) is 4.06. The number of fused-ring (bicyclic) bond motifs is 1. The van der Waals surface area contributed by atoms with Crippen LogP contribution in [-0.2, 0) is 0 Å². The van der Waals surface area contributed by atoms with Crippen molar-refractivity contribution in [3.63, 3.8) is 0 Å². The number of rotatable bonds is 3. The number of aryl methyl sites for hydroxylation is 1. The summed E-state index contributed by atoms with van der Waals surface area (Å²) in [7, 11) is 3.91. The van der Waals surface area contributed by atoms with E-state index >= 15 is 0 Å². The third-order valence-corrected chi connectivity index (χ3v) is 4.80. The van der Waals surface area contributed by atoms with Gasteiger partial charge in [0.1, 0.15) is 11.5 Å². The second kappa shape index (κ2) is 6.40. The van der Waals surface area contributed by atoms with Gasteiger partial charge in [-0.2, -0.15) is 9.61 Å². The molecule has 1 amide bonds. The fraction of sp³-hybridized carbons (Fsp3) is 0.471. The van der Waals surface area contributed by atoms with E-state index in [1.807, 2.05) is 47.5 Å². The second-order valence-corrected chi connectivity index (χ2v) is 6.92. The lowest BCUT2D eigenvalue weighted by Crippen LogP contribution is -2.38. The van der Waals surface area contributed by atoms with Crippen molar-refractivity contribution < 1.29 is 4.79 Å². The number of aromatic amines is 1. The van der Waals surface area contributed by atoms with Crippen LogP contribution in [0, 0.1) is 6.92 Å². The van der Waals surface area contributed by atoms with Gasteiger partial charge >= 0.3 is 0 Å². The summed E-state index contributed by atoms with van der Waals surface area (Å²) in [5.74, 6) is 1.94. The van der Waals surface area contributed by atoms with Crippen LogP contribution in [0.1, 0.15) is 40.8 Å². The summed E-state index contributed by atoms with van der Waals surface area (Å²) < 4.78 is 1.83. The molecule has 136 valence electrons. The van der Waals surface area contributed by atoms with Gasteiger partial charge in [0, 0.05) is 38.8 Å². The van der Waals surface area contributed by atoms with Crippen LogP contribution >= 0.6 is 0 Å². The summed E-state index contributed by atoms with van der Waals surface area (Å²) in [4.78, 5) is 16.3. The maximum atomic E-state index is 12.5. The Bertz CT molecular complexity index is 935. The van der Waals surface area contributed by atoms with Crippen LogP contribution in [0.25, 0.3) is 5.65 Å². The Hall–Kier alpha value is -2.97. The first-order chi connectivity index (χ1) is 12.5. The molecule has 0 radical (unpaired) electrons. The van der Waals surface area contributed by atoms with E-state index in [1.54, 1.807) is 6.07 Å². The van der Waals surface area contributed by atoms with Gasteiger partial charge < -0.3 is 9.80 Å². The smallest absolute Gasteiger partial charge is 0.274 e. The molecule has 1 fully saturated rings. The van der Waals surface area contributed by atoms with Crippen molar-refractivity contribution in [2.45, 2.75) is 25.7 Å². The molecule has 0 aliphatic carbocycles. The van der Waals surface area contributed by atoms with E-state index in [2.05, 4.69) is 25.5 Å². The van der Waals surface area contributed by atoms with Crippen LogP contribution in [0.3, 0.4) is 0 Å². The predicted octanol–water partition coefficient (Wildman–Crippen LogP) is 1.24. The minimum absolute atomic E-state index is 0.0214. The number of nitrogens with one attached hydrogen (secondary N) is 1. The summed E-state index contributed by atoms with van der Waals surface area (Å²) in [5.41, 5.74) is 2.11. The molecule has 26 heavy (non-hydrogen) atoms. The zero-order chi connectivity index (χ0) is 18.3. The number of hydrogen-bond donors (Lipinski definition) is 1.